The van der Waals surface area contributed by atoms with Crippen LogP contribution >= 0.6 is 23.1 Å². The minimum atomic E-state index is 0.596. The zero-order chi connectivity index (χ0) is 13.5. The van der Waals surface area contributed by atoms with Crippen LogP contribution in [0.1, 0.15) is 18.7 Å². The van der Waals surface area contributed by atoms with E-state index < -0.39 is 0 Å². The van der Waals surface area contributed by atoms with Gasteiger partial charge in [-0.05, 0) is 37.4 Å². The van der Waals surface area contributed by atoms with Crippen LogP contribution in [0.15, 0.2) is 52.7 Å². The summed E-state index contributed by atoms with van der Waals surface area (Å²) in [5.74, 6) is 1.15. The van der Waals surface area contributed by atoms with E-state index in [-0.39, 0.29) is 0 Å². The summed E-state index contributed by atoms with van der Waals surface area (Å²) >= 11 is 3.79. The predicted octanol–water partition coefficient (Wildman–Crippen LogP) is 4.75. The highest BCUT2D eigenvalue weighted by Gasteiger charge is 2.10. The summed E-state index contributed by atoms with van der Waals surface area (Å²) < 4.78 is 0. The van der Waals surface area contributed by atoms with Crippen LogP contribution in [0, 0.1) is 0 Å². The average molecular weight is 291 g/mol. The summed E-state index contributed by atoms with van der Waals surface area (Å²) in [7, 11) is 0. The molecule has 2 aromatic rings. The van der Waals surface area contributed by atoms with Crippen LogP contribution in [-0.2, 0) is 6.54 Å². The summed E-state index contributed by atoms with van der Waals surface area (Å²) in [5.41, 5.74) is 0. The smallest absolute Gasteiger partial charge is 0.0330 e. The minimum Gasteiger partial charge on any atom is -0.295 e. The fourth-order valence-corrected chi connectivity index (χ4v) is 3.56. The first-order valence-corrected chi connectivity index (χ1v) is 8.56. The van der Waals surface area contributed by atoms with Crippen molar-refractivity contribution in [3.05, 3.63) is 52.7 Å². The molecule has 0 aliphatic carbocycles. The maximum Gasteiger partial charge on any atom is 0.0330 e. The highest BCUT2D eigenvalue weighted by molar-refractivity contribution is 7.99. The van der Waals surface area contributed by atoms with Gasteiger partial charge in [0.1, 0.15) is 0 Å². The molecule has 0 N–H and O–H groups in total. The number of benzene rings is 1. The number of rotatable bonds is 7. The molecule has 1 nitrogen and oxygen atoms in total. The number of hydrogen-bond donors (Lipinski definition) is 0. The van der Waals surface area contributed by atoms with Crippen LogP contribution in [0.25, 0.3) is 0 Å². The van der Waals surface area contributed by atoms with Crippen LogP contribution < -0.4 is 0 Å². The molecule has 2 rings (SSSR count). The van der Waals surface area contributed by atoms with Crippen molar-refractivity contribution in [2.24, 2.45) is 0 Å². The highest BCUT2D eigenvalue weighted by atomic mass is 32.2. The van der Waals surface area contributed by atoms with Crippen molar-refractivity contribution in [2.45, 2.75) is 31.3 Å². The van der Waals surface area contributed by atoms with E-state index in [1.54, 1.807) is 0 Å². The van der Waals surface area contributed by atoms with Gasteiger partial charge in [0.2, 0.25) is 0 Å². The van der Waals surface area contributed by atoms with Crippen LogP contribution in [0.5, 0.6) is 0 Å². The Bertz CT molecular complexity index is 451. The summed E-state index contributed by atoms with van der Waals surface area (Å²) in [6.45, 7) is 6.77. The van der Waals surface area contributed by atoms with E-state index in [0.717, 1.165) is 18.8 Å². The van der Waals surface area contributed by atoms with Crippen molar-refractivity contribution < 1.29 is 0 Å². The topological polar surface area (TPSA) is 3.24 Å². The Balaban J connectivity index is 1.81. The standard InChI is InChI=1S/C16H21NS2/c1-14(2)17(13-16-9-6-11-18-16)10-12-19-15-7-4-3-5-8-15/h3-9,11,14H,10,12-13H2,1-2H3. The predicted molar refractivity (Wildman–Crippen MR) is 87.0 cm³/mol. The lowest BCUT2D eigenvalue weighted by molar-refractivity contribution is 0.229. The summed E-state index contributed by atoms with van der Waals surface area (Å²) in [6, 6.07) is 15.6. The number of thiophene rings is 1. The van der Waals surface area contributed by atoms with Crippen LogP contribution in [0.2, 0.25) is 0 Å². The first-order valence-electron chi connectivity index (χ1n) is 6.70. The average Bonchev–Trinajstić information content (AvgIpc) is 2.91. The zero-order valence-electron chi connectivity index (χ0n) is 11.6. The van der Waals surface area contributed by atoms with Crippen molar-refractivity contribution in [1.82, 2.24) is 4.90 Å². The highest BCUT2D eigenvalue weighted by Crippen LogP contribution is 2.19. The van der Waals surface area contributed by atoms with Gasteiger partial charge in [-0.3, -0.25) is 4.90 Å². The molecule has 1 aromatic heterocycles. The summed E-state index contributed by atoms with van der Waals surface area (Å²) in [5, 5.41) is 2.16. The molecule has 0 amide bonds. The maximum absolute atomic E-state index is 2.54. The molecular formula is C16H21NS2. The Hall–Kier alpha value is -0.770. The van der Waals surface area contributed by atoms with Gasteiger partial charge in [-0.15, -0.1) is 23.1 Å². The molecule has 1 heterocycles. The molecule has 0 aliphatic rings. The molecule has 0 radical (unpaired) electrons. The first-order chi connectivity index (χ1) is 9.25. The van der Waals surface area contributed by atoms with Crippen molar-refractivity contribution in [3.63, 3.8) is 0 Å². The summed E-state index contributed by atoms with van der Waals surface area (Å²) in [6.07, 6.45) is 0. The Kier molecular flexibility index (Phi) is 5.95. The monoisotopic (exact) mass is 291 g/mol. The number of nitrogens with zero attached hydrogens (tertiary/aromatic N) is 1. The molecule has 0 spiro atoms. The van der Waals surface area contributed by atoms with Gasteiger partial charge < -0.3 is 0 Å². The second-order valence-corrected chi connectivity index (χ2v) is 7.01. The Labute approximate surface area is 124 Å². The van der Waals surface area contributed by atoms with Gasteiger partial charge in [0.05, 0.1) is 0 Å². The Morgan fingerprint density at radius 1 is 1.11 bits per heavy atom. The molecule has 1 aromatic carbocycles. The van der Waals surface area contributed by atoms with E-state index in [1.807, 2.05) is 23.1 Å². The quantitative estimate of drug-likeness (QED) is 0.677. The van der Waals surface area contributed by atoms with Gasteiger partial charge in [-0.25, -0.2) is 0 Å². The van der Waals surface area contributed by atoms with Crippen molar-refractivity contribution in [1.29, 1.82) is 0 Å². The third-order valence-corrected chi connectivity index (χ3v) is 4.91. The zero-order valence-corrected chi connectivity index (χ0v) is 13.2. The number of thioether (sulfide) groups is 1. The second kappa shape index (κ2) is 7.73. The lowest BCUT2D eigenvalue weighted by Gasteiger charge is -2.25. The lowest BCUT2D eigenvalue weighted by atomic mass is 10.3. The van der Waals surface area contributed by atoms with Gasteiger partial charge in [0, 0.05) is 34.7 Å². The molecule has 0 fully saturated rings. The fraction of sp³-hybridized carbons (Fsp3) is 0.375. The largest absolute Gasteiger partial charge is 0.295 e. The van der Waals surface area contributed by atoms with Crippen LogP contribution in [0.4, 0.5) is 0 Å². The molecule has 19 heavy (non-hydrogen) atoms. The van der Waals surface area contributed by atoms with E-state index in [4.69, 9.17) is 0 Å². The molecule has 0 bridgehead atoms. The van der Waals surface area contributed by atoms with Gasteiger partial charge in [-0.2, -0.15) is 0 Å². The Morgan fingerprint density at radius 3 is 2.53 bits per heavy atom. The van der Waals surface area contributed by atoms with Crippen molar-refractivity contribution in [2.75, 3.05) is 12.3 Å². The molecule has 102 valence electrons. The van der Waals surface area contributed by atoms with E-state index in [0.29, 0.717) is 6.04 Å². The van der Waals surface area contributed by atoms with E-state index in [2.05, 4.69) is 66.6 Å². The lowest BCUT2D eigenvalue weighted by Crippen LogP contribution is -2.32. The third kappa shape index (κ3) is 5.01. The molecule has 0 unspecified atom stereocenters. The molecule has 0 atom stereocenters. The fourth-order valence-electron chi connectivity index (χ4n) is 1.92. The molecule has 3 heteroatoms. The van der Waals surface area contributed by atoms with E-state index >= 15 is 0 Å². The van der Waals surface area contributed by atoms with Gasteiger partial charge >= 0.3 is 0 Å². The van der Waals surface area contributed by atoms with E-state index in [1.165, 1.54) is 9.77 Å². The van der Waals surface area contributed by atoms with Crippen LogP contribution in [0.3, 0.4) is 0 Å². The second-order valence-electron chi connectivity index (χ2n) is 4.81. The Morgan fingerprint density at radius 2 is 1.89 bits per heavy atom. The van der Waals surface area contributed by atoms with E-state index in [9.17, 15) is 0 Å². The molecular weight excluding hydrogens is 270 g/mol. The maximum atomic E-state index is 2.54. The SMILES string of the molecule is CC(C)N(CCSc1ccccc1)Cc1cccs1. The number of hydrogen-bond acceptors (Lipinski definition) is 3. The van der Waals surface area contributed by atoms with Gasteiger partial charge in [-0.1, -0.05) is 24.3 Å². The summed E-state index contributed by atoms with van der Waals surface area (Å²) in [4.78, 5) is 5.36. The van der Waals surface area contributed by atoms with Gasteiger partial charge in [0.15, 0.2) is 0 Å². The molecule has 0 aliphatic heterocycles. The third-order valence-electron chi connectivity index (χ3n) is 3.06. The van der Waals surface area contributed by atoms with Crippen molar-refractivity contribution >= 4 is 23.1 Å². The normalized spacial score (nSPS) is 11.4. The first kappa shape index (κ1) is 14.6. The minimum absolute atomic E-state index is 0.596. The molecule has 0 saturated heterocycles. The van der Waals surface area contributed by atoms with Crippen molar-refractivity contribution in [3.8, 4) is 0 Å². The molecule has 0 saturated carbocycles. The van der Waals surface area contributed by atoms with Gasteiger partial charge in [0.25, 0.3) is 0 Å². The van der Waals surface area contributed by atoms with Crippen LogP contribution in [-0.4, -0.2) is 23.2 Å².